The van der Waals surface area contributed by atoms with E-state index in [2.05, 4.69) is 26.1 Å². The van der Waals surface area contributed by atoms with Gasteiger partial charge < -0.3 is 14.8 Å². The summed E-state index contributed by atoms with van der Waals surface area (Å²) in [7, 11) is 3.55. The molecule has 0 aromatic carbocycles. The number of hydrogen-bond acceptors (Lipinski definition) is 3. The summed E-state index contributed by atoms with van der Waals surface area (Å²) in [5.74, 6) is 0.0667. The van der Waals surface area contributed by atoms with Crippen molar-refractivity contribution in [2.24, 2.45) is 5.92 Å². The zero-order valence-corrected chi connectivity index (χ0v) is 15.9. The summed E-state index contributed by atoms with van der Waals surface area (Å²) in [6.45, 7) is 8.71. The highest BCUT2D eigenvalue weighted by Gasteiger charge is 2.33. The van der Waals surface area contributed by atoms with Crippen molar-refractivity contribution >= 4 is 0 Å². The molecule has 22 heavy (non-hydrogen) atoms. The van der Waals surface area contributed by atoms with Gasteiger partial charge in [-0.15, -0.1) is 0 Å². The van der Waals surface area contributed by atoms with E-state index in [9.17, 15) is 0 Å². The quantitative estimate of drug-likeness (QED) is 0.316. The van der Waals surface area contributed by atoms with Crippen LogP contribution in [0.25, 0.3) is 0 Å². The molecule has 1 atom stereocenters. The lowest BCUT2D eigenvalue weighted by atomic mass is 9.88. The largest absolute Gasteiger partial charge is 0.353 e. The van der Waals surface area contributed by atoms with E-state index in [4.69, 9.17) is 9.47 Å². The minimum absolute atomic E-state index is 0.429. The molecule has 0 aromatic rings. The fourth-order valence-electron chi connectivity index (χ4n) is 3.07. The number of ether oxygens (including phenoxy) is 2. The van der Waals surface area contributed by atoms with Crippen molar-refractivity contribution < 1.29 is 9.47 Å². The zero-order chi connectivity index (χ0) is 16.7. The van der Waals surface area contributed by atoms with Crippen molar-refractivity contribution in [2.45, 2.75) is 90.8 Å². The number of methoxy groups -OCH3 is 2. The van der Waals surface area contributed by atoms with Gasteiger partial charge in [-0.05, 0) is 39.3 Å². The Labute approximate surface area is 139 Å². The Morgan fingerprint density at radius 3 is 1.91 bits per heavy atom. The SMILES string of the molecule is CCCCCCCCC(CCCCNCC)C(C)(OC)OC. The van der Waals surface area contributed by atoms with Crippen LogP contribution in [0.4, 0.5) is 0 Å². The van der Waals surface area contributed by atoms with Crippen LogP contribution in [-0.4, -0.2) is 33.1 Å². The minimum atomic E-state index is -0.429. The van der Waals surface area contributed by atoms with E-state index in [0.29, 0.717) is 5.92 Å². The third kappa shape index (κ3) is 9.81. The van der Waals surface area contributed by atoms with E-state index in [1.807, 2.05) is 0 Å². The third-order valence-electron chi connectivity index (χ3n) is 4.86. The molecule has 3 nitrogen and oxygen atoms in total. The van der Waals surface area contributed by atoms with Crippen LogP contribution in [0.5, 0.6) is 0 Å². The molecule has 0 amide bonds. The summed E-state index contributed by atoms with van der Waals surface area (Å²) in [5, 5.41) is 3.40. The fourth-order valence-corrected chi connectivity index (χ4v) is 3.07. The Bertz CT molecular complexity index is 229. The van der Waals surface area contributed by atoms with Crippen molar-refractivity contribution in [1.29, 1.82) is 0 Å². The zero-order valence-electron chi connectivity index (χ0n) is 15.9. The van der Waals surface area contributed by atoms with E-state index in [1.54, 1.807) is 14.2 Å². The average Bonchev–Trinajstić information content (AvgIpc) is 2.55. The molecule has 0 aliphatic rings. The molecule has 0 fully saturated rings. The van der Waals surface area contributed by atoms with Crippen molar-refractivity contribution in [3.8, 4) is 0 Å². The van der Waals surface area contributed by atoms with Crippen molar-refractivity contribution in [2.75, 3.05) is 27.3 Å². The third-order valence-corrected chi connectivity index (χ3v) is 4.86. The second kappa shape index (κ2) is 14.5. The van der Waals surface area contributed by atoms with Gasteiger partial charge in [-0.1, -0.05) is 58.8 Å². The number of rotatable bonds is 16. The molecular formula is C19H41NO2. The van der Waals surface area contributed by atoms with Crippen LogP contribution in [0.1, 0.15) is 85.0 Å². The van der Waals surface area contributed by atoms with Crippen molar-refractivity contribution in [3.05, 3.63) is 0 Å². The van der Waals surface area contributed by atoms with Gasteiger partial charge in [-0.25, -0.2) is 0 Å². The Morgan fingerprint density at radius 2 is 1.36 bits per heavy atom. The molecular weight excluding hydrogens is 274 g/mol. The number of unbranched alkanes of at least 4 members (excludes halogenated alkanes) is 6. The van der Waals surface area contributed by atoms with Crippen LogP contribution >= 0.6 is 0 Å². The number of nitrogens with one attached hydrogen (secondary N) is 1. The first-order chi connectivity index (χ1) is 10.6. The van der Waals surface area contributed by atoms with Gasteiger partial charge in [0.15, 0.2) is 5.79 Å². The van der Waals surface area contributed by atoms with Gasteiger partial charge in [0.1, 0.15) is 0 Å². The maximum Gasteiger partial charge on any atom is 0.167 e. The summed E-state index contributed by atoms with van der Waals surface area (Å²) in [5.41, 5.74) is 0. The molecule has 1 N–H and O–H groups in total. The monoisotopic (exact) mass is 315 g/mol. The Morgan fingerprint density at radius 1 is 0.818 bits per heavy atom. The molecule has 0 heterocycles. The van der Waals surface area contributed by atoms with Gasteiger partial charge >= 0.3 is 0 Å². The van der Waals surface area contributed by atoms with E-state index >= 15 is 0 Å². The summed E-state index contributed by atoms with van der Waals surface area (Å²) < 4.78 is 11.4. The lowest BCUT2D eigenvalue weighted by Gasteiger charge is -2.35. The first-order valence-corrected chi connectivity index (χ1v) is 9.45. The second-order valence-corrected chi connectivity index (χ2v) is 6.53. The summed E-state index contributed by atoms with van der Waals surface area (Å²) in [6.07, 6.45) is 13.0. The summed E-state index contributed by atoms with van der Waals surface area (Å²) >= 11 is 0. The van der Waals surface area contributed by atoms with E-state index < -0.39 is 5.79 Å². The lowest BCUT2D eigenvalue weighted by molar-refractivity contribution is -0.230. The first-order valence-electron chi connectivity index (χ1n) is 9.45. The van der Waals surface area contributed by atoms with E-state index in [-0.39, 0.29) is 0 Å². The number of hydrogen-bond donors (Lipinski definition) is 1. The molecule has 0 saturated heterocycles. The first kappa shape index (κ1) is 21.9. The van der Waals surface area contributed by atoms with Crippen LogP contribution < -0.4 is 5.32 Å². The van der Waals surface area contributed by atoms with Gasteiger partial charge in [-0.2, -0.15) is 0 Å². The summed E-state index contributed by atoms with van der Waals surface area (Å²) in [6, 6.07) is 0. The van der Waals surface area contributed by atoms with Crippen LogP contribution in [0.3, 0.4) is 0 Å². The van der Waals surface area contributed by atoms with Gasteiger partial charge in [-0.3, -0.25) is 0 Å². The predicted molar refractivity (Wildman–Crippen MR) is 96.3 cm³/mol. The Balaban J connectivity index is 4.11. The minimum Gasteiger partial charge on any atom is -0.353 e. The van der Waals surface area contributed by atoms with E-state index in [0.717, 1.165) is 13.1 Å². The van der Waals surface area contributed by atoms with Gasteiger partial charge in [0, 0.05) is 20.1 Å². The molecule has 0 rings (SSSR count). The molecule has 0 radical (unpaired) electrons. The highest BCUT2D eigenvalue weighted by atomic mass is 16.7. The molecule has 0 aliphatic carbocycles. The molecule has 134 valence electrons. The fraction of sp³-hybridized carbons (Fsp3) is 1.00. The van der Waals surface area contributed by atoms with Crippen LogP contribution in [0.2, 0.25) is 0 Å². The lowest BCUT2D eigenvalue weighted by Crippen LogP contribution is -2.39. The average molecular weight is 316 g/mol. The van der Waals surface area contributed by atoms with E-state index in [1.165, 1.54) is 64.2 Å². The van der Waals surface area contributed by atoms with Gasteiger partial charge in [0.2, 0.25) is 0 Å². The Hall–Kier alpha value is -0.120. The molecule has 0 aromatic heterocycles. The molecule has 0 saturated carbocycles. The molecule has 0 aliphatic heterocycles. The van der Waals surface area contributed by atoms with Crippen LogP contribution in [0.15, 0.2) is 0 Å². The molecule has 0 spiro atoms. The maximum absolute atomic E-state index is 5.69. The van der Waals surface area contributed by atoms with Crippen molar-refractivity contribution in [1.82, 2.24) is 5.32 Å². The smallest absolute Gasteiger partial charge is 0.167 e. The maximum atomic E-state index is 5.69. The van der Waals surface area contributed by atoms with Crippen LogP contribution in [-0.2, 0) is 9.47 Å². The van der Waals surface area contributed by atoms with Gasteiger partial charge in [0.25, 0.3) is 0 Å². The highest BCUT2D eigenvalue weighted by molar-refractivity contribution is 4.75. The molecule has 3 heteroatoms. The van der Waals surface area contributed by atoms with Crippen LogP contribution in [0, 0.1) is 5.92 Å². The molecule has 1 unspecified atom stereocenters. The normalized spacial score (nSPS) is 13.5. The van der Waals surface area contributed by atoms with Crippen molar-refractivity contribution in [3.63, 3.8) is 0 Å². The molecule has 0 bridgehead atoms. The van der Waals surface area contributed by atoms with Gasteiger partial charge in [0.05, 0.1) is 0 Å². The standard InChI is InChI=1S/C19H41NO2/c1-6-8-9-10-11-12-15-18(19(3,21-4)22-5)16-13-14-17-20-7-2/h18,20H,6-17H2,1-5H3. The second-order valence-electron chi connectivity index (χ2n) is 6.53. The Kier molecular flexibility index (Phi) is 14.4. The highest BCUT2D eigenvalue weighted by Crippen LogP contribution is 2.31. The summed E-state index contributed by atoms with van der Waals surface area (Å²) in [4.78, 5) is 0. The predicted octanol–water partition coefficient (Wildman–Crippen LogP) is 5.14. The topological polar surface area (TPSA) is 30.5 Å².